The lowest BCUT2D eigenvalue weighted by Crippen LogP contribution is -2.12. The lowest BCUT2D eigenvalue weighted by Gasteiger charge is -2.17. The minimum absolute atomic E-state index is 0.101. The number of nitrogens with zero attached hydrogens (tertiary/aromatic N) is 2. The standard InChI is InChI=1S/C16H18N4O/c1-3-14(16-18-8-9-19-16)20-15-13-10-12(21-2)5-4-11(13)6-7-17-15/h4-10,14H,3H2,1-2H3,(H,17,20)(H,18,19). The number of aromatic nitrogens is 3. The first-order chi connectivity index (χ1) is 10.3. The van der Waals surface area contributed by atoms with Crippen molar-refractivity contribution in [3.05, 3.63) is 48.7 Å². The van der Waals surface area contributed by atoms with Gasteiger partial charge in [-0.05, 0) is 30.0 Å². The van der Waals surface area contributed by atoms with Gasteiger partial charge in [0, 0.05) is 24.0 Å². The van der Waals surface area contributed by atoms with Crippen LogP contribution < -0.4 is 10.1 Å². The van der Waals surface area contributed by atoms with Crippen LogP contribution >= 0.6 is 0 Å². The van der Waals surface area contributed by atoms with Crippen molar-refractivity contribution in [2.45, 2.75) is 19.4 Å². The number of methoxy groups -OCH3 is 1. The van der Waals surface area contributed by atoms with Gasteiger partial charge >= 0.3 is 0 Å². The molecule has 0 spiro atoms. The molecule has 1 atom stereocenters. The number of anilines is 1. The van der Waals surface area contributed by atoms with E-state index in [1.165, 1.54) is 0 Å². The molecule has 0 saturated carbocycles. The Bertz CT molecular complexity index is 724. The first-order valence-corrected chi connectivity index (χ1v) is 7.00. The summed E-state index contributed by atoms with van der Waals surface area (Å²) in [5.74, 6) is 2.58. The van der Waals surface area contributed by atoms with E-state index < -0.39 is 0 Å². The summed E-state index contributed by atoms with van der Waals surface area (Å²) in [5.41, 5.74) is 0. The van der Waals surface area contributed by atoms with Crippen LogP contribution in [0.4, 0.5) is 5.82 Å². The zero-order chi connectivity index (χ0) is 14.7. The highest BCUT2D eigenvalue weighted by Crippen LogP contribution is 2.28. The van der Waals surface area contributed by atoms with Gasteiger partial charge in [0.1, 0.15) is 17.4 Å². The summed E-state index contributed by atoms with van der Waals surface area (Å²) in [5, 5.41) is 5.64. The van der Waals surface area contributed by atoms with Gasteiger partial charge in [0.2, 0.25) is 0 Å². The number of rotatable bonds is 5. The Morgan fingerprint density at radius 3 is 2.86 bits per heavy atom. The van der Waals surface area contributed by atoms with Crippen molar-refractivity contribution in [1.29, 1.82) is 0 Å². The highest BCUT2D eigenvalue weighted by molar-refractivity contribution is 5.92. The minimum atomic E-state index is 0.101. The Hall–Kier alpha value is -2.56. The van der Waals surface area contributed by atoms with Gasteiger partial charge < -0.3 is 15.0 Å². The van der Waals surface area contributed by atoms with Crippen LogP contribution in [0.5, 0.6) is 5.75 Å². The molecule has 5 heteroatoms. The minimum Gasteiger partial charge on any atom is -0.497 e. The second-order valence-electron chi connectivity index (χ2n) is 4.83. The van der Waals surface area contributed by atoms with Gasteiger partial charge in [0.15, 0.2) is 0 Å². The predicted molar refractivity (Wildman–Crippen MR) is 83.5 cm³/mol. The summed E-state index contributed by atoms with van der Waals surface area (Å²) in [4.78, 5) is 12.0. The van der Waals surface area contributed by atoms with E-state index in [-0.39, 0.29) is 6.04 Å². The van der Waals surface area contributed by atoms with E-state index in [0.717, 1.165) is 34.6 Å². The lowest BCUT2D eigenvalue weighted by atomic mass is 10.1. The average molecular weight is 282 g/mol. The van der Waals surface area contributed by atoms with Gasteiger partial charge in [-0.15, -0.1) is 0 Å². The molecule has 2 N–H and O–H groups in total. The molecule has 21 heavy (non-hydrogen) atoms. The number of ether oxygens (including phenoxy) is 1. The largest absolute Gasteiger partial charge is 0.497 e. The fraction of sp³-hybridized carbons (Fsp3) is 0.250. The van der Waals surface area contributed by atoms with E-state index in [0.29, 0.717) is 0 Å². The molecule has 0 fully saturated rings. The molecule has 1 aromatic carbocycles. The Morgan fingerprint density at radius 1 is 1.24 bits per heavy atom. The lowest BCUT2D eigenvalue weighted by molar-refractivity contribution is 0.415. The van der Waals surface area contributed by atoms with E-state index in [1.807, 2.05) is 36.7 Å². The zero-order valence-corrected chi connectivity index (χ0v) is 12.1. The summed E-state index contributed by atoms with van der Waals surface area (Å²) < 4.78 is 5.31. The maximum Gasteiger partial charge on any atom is 0.134 e. The van der Waals surface area contributed by atoms with E-state index in [9.17, 15) is 0 Å². The Morgan fingerprint density at radius 2 is 2.14 bits per heavy atom. The number of fused-ring (bicyclic) bond motifs is 1. The van der Waals surface area contributed by atoms with Crippen molar-refractivity contribution in [2.75, 3.05) is 12.4 Å². The van der Waals surface area contributed by atoms with Crippen LogP contribution in [0, 0.1) is 0 Å². The third-order valence-electron chi connectivity index (χ3n) is 3.54. The third kappa shape index (κ3) is 2.67. The smallest absolute Gasteiger partial charge is 0.134 e. The molecule has 2 aromatic heterocycles. The Kier molecular flexibility index (Phi) is 3.73. The first-order valence-electron chi connectivity index (χ1n) is 7.00. The molecule has 108 valence electrons. The predicted octanol–water partition coefficient (Wildman–Crippen LogP) is 3.53. The van der Waals surface area contributed by atoms with Crippen LogP contribution in [0.1, 0.15) is 25.2 Å². The molecule has 1 unspecified atom stereocenters. The quantitative estimate of drug-likeness (QED) is 0.751. The molecule has 3 aromatic rings. The average Bonchev–Trinajstić information content (AvgIpc) is 3.06. The van der Waals surface area contributed by atoms with Crippen molar-refractivity contribution >= 4 is 16.6 Å². The van der Waals surface area contributed by atoms with Crippen LogP contribution in [0.25, 0.3) is 10.8 Å². The monoisotopic (exact) mass is 282 g/mol. The topological polar surface area (TPSA) is 62.8 Å². The van der Waals surface area contributed by atoms with Crippen molar-refractivity contribution in [2.24, 2.45) is 0 Å². The molecule has 0 amide bonds. The first kappa shape index (κ1) is 13.4. The van der Waals surface area contributed by atoms with Gasteiger partial charge in [-0.1, -0.05) is 13.0 Å². The van der Waals surface area contributed by atoms with E-state index in [4.69, 9.17) is 4.74 Å². The van der Waals surface area contributed by atoms with Gasteiger partial charge in [0.05, 0.1) is 13.2 Å². The number of H-pyrrole nitrogens is 1. The molecule has 0 radical (unpaired) electrons. The van der Waals surface area contributed by atoms with Crippen molar-refractivity contribution in [1.82, 2.24) is 15.0 Å². The summed E-state index contributed by atoms with van der Waals surface area (Å²) in [6, 6.07) is 8.09. The number of pyridine rings is 1. The summed E-state index contributed by atoms with van der Waals surface area (Å²) in [7, 11) is 1.67. The number of nitrogens with one attached hydrogen (secondary N) is 2. The molecule has 2 heterocycles. The number of hydrogen-bond acceptors (Lipinski definition) is 4. The van der Waals surface area contributed by atoms with Crippen LogP contribution in [-0.2, 0) is 0 Å². The van der Waals surface area contributed by atoms with E-state index in [2.05, 4.69) is 27.2 Å². The summed E-state index contributed by atoms with van der Waals surface area (Å²) >= 11 is 0. The zero-order valence-electron chi connectivity index (χ0n) is 12.1. The maximum atomic E-state index is 5.31. The number of aromatic amines is 1. The van der Waals surface area contributed by atoms with Gasteiger partial charge in [0.25, 0.3) is 0 Å². The molecule has 0 bridgehead atoms. The van der Waals surface area contributed by atoms with Gasteiger partial charge in [-0.3, -0.25) is 0 Å². The highest BCUT2D eigenvalue weighted by Gasteiger charge is 2.13. The second kappa shape index (κ2) is 5.83. The van der Waals surface area contributed by atoms with Crippen LogP contribution in [-0.4, -0.2) is 22.1 Å². The molecule has 0 aliphatic carbocycles. The molecule has 5 nitrogen and oxygen atoms in total. The fourth-order valence-electron chi connectivity index (χ4n) is 2.39. The molecule has 0 saturated heterocycles. The van der Waals surface area contributed by atoms with Crippen LogP contribution in [0.2, 0.25) is 0 Å². The van der Waals surface area contributed by atoms with Crippen molar-refractivity contribution < 1.29 is 4.74 Å². The number of benzene rings is 1. The normalized spacial score (nSPS) is 12.3. The number of imidazole rings is 1. The highest BCUT2D eigenvalue weighted by atomic mass is 16.5. The number of hydrogen-bond donors (Lipinski definition) is 2. The molecular formula is C16H18N4O. The van der Waals surface area contributed by atoms with Crippen molar-refractivity contribution in [3.8, 4) is 5.75 Å². The summed E-state index contributed by atoms with van der Waals surface area (Å²) in [6.07, 6.45) is 6.32. The molecule has 0 aliphatic heterocycles. The fourth-order valence-corrected chi connectivity index (χ4v) is 2.39. The SMILES string of the molecule is CCC(Nc1nccc2ccc(OC)cc12)c1ncc[nH]1. The van der Waals surface area contributed by atoms with E-state index in [1.54, 1.807) is 13.3 Å². The Labute approximate surface area is 123 Å². The Balaban J connectivity index is 1.99. The van der Waals surface area contributed by atoms with E-state index >= 15 is 0 Å². The summed E-state index contributed by atoms with van der Waals surface area (Å²) in [6.45, 7) is 2.12. The van der Waals surface area contributed by atoms with Gasteiger partial charge in [-0.25, -0.2) is 9.97 Å². The van der Waals surface area contributed by atoms with Crippen molar-refractivity contribution in [3.63, 3.8) is 0 Å². The molecular weight excluding hydrogens is 264 g/mol. The molecule has 3 rings (SSSR count). The van der Waals surface area contributed by atoms with Crippen LogP contribution in [0.3, 0.4) is 0 Å². The molecule has 0 aliphatic rings. The third-order valence-corrected chi connectivity index (χ3v) is 3.54. The second-order valence-corrected chi connectivity index (χ2v) is 4.83. The van der Waals surface area contributed by atoms with Crippen LogP contribution in [0.15, 0.2) is 42.9 Å². The maximum absolute atomic E-state index is 5.31. The van der Waals surface area contributed by atoms with Gasteiger partial charge in [-0.2, -0.15) is 0 Å².